The molecule has 0 saturated heterocycles. The van der Waals surface area contributed by atoms with Gasteiger partial charge < -0.3 is 0 Å². The molecular weight excluding hydrogens is 172 g/mol. The minimum atomic E-state index is 0.618. The molecule has 72 valence electrons. The van der Waals surface area contributed by atoms with Gasteiger partial charge in [0.05, 0.1) is 17.4 Å². The van der Waals surface area contributed by atoms with Crippen LogP contribution in [0.1, 0.15) is 31.4 Å². The Morgan fingerprint density at radius 1 is 1.21 bits per heavy atom. The van der Waals surface area contributed by atoms with E-state index in [1.54, 1.807) is 0 Å². The predicted octanol–water partition coefficient (Wildman–Crippen LogP) is 2.44. The summed E-state index contributed by atoms with van der Waals surface area (Å²) in [5, 5.41) is 0. The molecule has 1 fully saturated rings. The van der Waals surface area contributed by atoms with Crippen LogP contribution in [-0.2, 0) is 0 Å². The molecular formula is C12H14N2. The van der Waals surface area contributed by atoms with Crippen molar-refractivity contribution in [2.75, 3.05) is 0 Å². The summed E-state index contributed by atoms with van der Waals surface area (Å²) in [6.07, 6.45) is 7.04. The average molecular weight is 186 g/mol. The van der Waals surface area contributed by atoms with Crippen LogP contribution in [0.5, 0.6) is 0 Å². The third kappa shape index (κ3) is 1.26. The molecule has 0 bridgehead atoms. The summed E-state index contributed by atoms with van der Waals surface area (Å²) in [6, 6.07) is 6.69. The first-order valence-corrected chi connectivity index (χ1v) is 5.41. The molecule has 2 heterocycles. The van der Waals surface area contributed by atoms with Gasteiger partial charge in [0.25, 0.3) is 0 Å². The zero-order valence-electron chi connectivity index (χ0n) is 8.19. The van der Waals surface area contributed by atoms with Crippen molar-refractivity contribution in [2.45, 2.75) is 31.7 Å². The van der Waals surface area contributed by atoms with E-state index in [1.807, 2.05) is 18.3 Å². The van der Waals surface area contributed by atoms with Crippen molar-refractivity contribution in [1.82, 2.24) is 4.98 Å². The highest BCUT2D eigenvalue weighted by molar-refractivity contribution is 6.00. The Morgan fingerprint density at radius 3 is 3.00 bits per heavy atom. The Morgan fingerprint density at radius 2 is 2.21 bits per heavy atom. The number of rotatable bonds is 1. The molecule has 0 aromatic carbocycles. The number of pyridine rings is 1. The van der Waals surface area contributed by atoms with Crippen molar-refractivity contribution in [3.63, 3.8) is 0 Å². The summed E-state index contributed by atoms with van der Waals surface area (Å²) in [6.45, 7) is 0. The molecule has 1 aromatic heterocycles. The fourth-order valence-electron chi connectivity index (χ4n) is 2.63. The first kappa shape index (κ1) is 8.16. The van der Waals surface area contributed by atoms with Crippen LogP contribution >= 0.6 is 0 Å². The molecule has 14 heavy (non-hydrogen) atoms. The largest absolute Gasteiger partial charge is 0.284 e. The lowest BCUT2D eigenvalue weighted by atomic mass is 10.0. The van der Waals surface area contributed by atoms with Crippen LogP contribution in [0.4, 0.5) is 0 Å². The van der Waals surface area contributed by atoms with E-state index in [1.165, 1.54) is 25.0 Å². The molecule has 1 saturated carbocycles. The van der Waals surface area contributed by atoms with Crippen molar-refractivity contribution in [3.8, 4) is 0 Å². The summed E-state index contributed by atoms with van der Waals surface area (Å²) < 4.78 is 0. The molecule has 0 unspecified atom stereocenters. The Balaban J connectivity index is 1.88. The van der Waals surface area contributed by atoms with Gasteiger partial charge in [0.2, 0.25) is 0 Å². The third-order valence-corrected chi connectivity index (χ3v) is 3.36. The van der Waals surface area contributed by atoms with Crippen LogP contribution in [0, 0.1) is 5.92 Å². The zero-order valence-corrected chi connectivity index (χ0v) is 8.19. The summed E-state index contributed by atoms with van der Waals surface area (Å²) in [4.78, 5) is 9.13. The van der Waals surface area contributed by atoms with E-state index < -0.39 is 0 Å². The molecule has 2 nitrogen and oxygen atoms in total. The average Bonchev–Trinajstić information content (AvgIpc) is 2.78. The van der Waals surface area contributed by atoms with Crippen molar-refractivity contribution in [3.05, 3.63) is 30.1 Å². The van der Waals surface area contributed by atoms with Crippen molar-refractivity contribution in [2.24, 2.45) is 10.9 Å². The van der Waals surface area contributed by atoms with Gasteiger partial charge in [-0.15, -0.1) is 0 Å². The van der Waals surface area contributed by atoms with E-state index >= 15 is 0 Å². The van der Waals surface area contributed by atoms with E-state index in [0.717, 1.165) is 18.0 Å². The lowest BCUT2D eigenvalue weighted by Gasteiger charge is -2.03. The molecule has 2 atom stereocenters. The van der Waals surface area contributed by atoms with Crippen molar-refractivity contribution in [1.29, 1.82) is 0 Å². The van der Waals surface area contributed by atoms with Gasteiger partial charge in [-0.25, -0.2) is 0 Å². The Labute approximate surface area is 84.1 Å². The SMILES string of the molecule is c1ccc(C2=N[C@@H]3CCC[C@@H]3C2)nc1. The standard InChI is InChI=1S/C12H14N2/c1-2-7-13-11(5-1)12-8-9-4-3-6-10(9)14-12/h1-2,5,7,9-10H,3-4,6,8H2/t9-,10-/m1/s1. The highest BCUT2D eigenvalue weighted by atomic mass is 14.9. The van der Waals surface area contributed by atoms with Gasteiger partial charge in [-0.05, 0) is 37.3 Å². The maximum Gasteiger partial charge on any atom is 0.0840 e. The molecule has 0 N–H and O–H groups in total. The van der Waals surface area contributed by atoms with Crippen LogP contribution in [0.3, 0.4) is 0 Å². The molecule has 1 aliphatic heterocycles. The first-order chi connectivity index (χ1) is 6.93. The number of hydrogen-bond acceptors (Lipinski definition) is 2. The summed E-state index contributed by atoms with van der Waals surface area (Å²) >= 11 is 0. The monoisotopic (exact) mass is 186 g/mol. The molecule has 1 aromatic rings. The molecule has 1 aliphatic carbocycles. The maximum atomic E-state index is 4.77. The Hall–Kier alpha value is -1.18. The minimum Gasteiger partial charge on any atom is -0.284 e. The Kier molecular flexibility index (Phi) is 1.86. The second-order valence-electron chi connectivity index (χ2n) is 4.25. The van der Waals surface area contributed by atoms with Gasteiger partial charge in [-0.2, -0.15) is 0 Å². The molecule has 2 heteroatoms. The third-order valence-electron chi connectivity index (χ3n) is 3.36. The molecule has 3 rings (SSSR count). The summed E-state index contributed by atoms with van der Waals surface area (Å²) in [5.74, 6) is 0.826. The lowest BCUT2D eigenvalue weighted by molar-refractivity contribution is 0.536. The summed E-state index contributed by atoms with van der Waals surface area (Å²) in [7, 11) is 0. The zero-order chi connectivity index (χ0) is 9.38. The number of fused-ring (bicyclic) bond motifs is 1. The molecule has 0 spiro atoms. The van der Waals surface area contributed by atoms with Crippen LogP contribution in [0.2, 0.25) is 0 Å². The van der Waals surface area contributed by atoms with Crippen LogP contribution < -0.4 is 0 Å². The second kappa shape index (κ2) is 3.19. The van der Waals surface area contributed by atoms with E-state index in [4.69, 9.17) is 4.99 Å². The van der Waals surface area contributed by atoms with Gasteiger partial charge in [0, 0.05) is 6.20 Å². The van der Waals surface area contributed by atoms with E-state index in [-0.39, 0.29) is 0 Å². The summed E-state index contributed by atoms with van der Waals surface area (Å²) in [5.41, 5.74) is 2.32. The molecule has 0 amide bonds. The van der Waals surface area contributed by atoms with Crippen LogP contribution in [-0.4, -0.2) is 16.7 Å². The second-order valence-corrected chi connectivity index (χ2v) is 4.25. The smallest absolute Gasteiger partial charge is 0.0840 e. The van der Waals surface area contributed by atoms with Gasteiger partial charge in [-0.3, -0.25) is 9.98 Å². The highest BCUT2D eigenvalue weighted by Gasteiger charge is 2.33. The quantitative estimate of drug-likeness (QED) is 0.661. The molecule has 2 aliphatic rings. The van der Waals surface area contributed by atoms with Gasteiger partial charge in [-0.1, -0.05) is 12.5 Å². The minimum absolute atomic E-state index is 0.618. The number of aromatic nitrogens is 1. The lowest BCUT2D eigenvalue weighted by Crippen LogP contribution is -2.05. The predicted molar refractivity (Wildman–Crippen MR) is 56.5 cm³/mol. The van der Waals surface area contributed by atoms with E-state index in [9.17, 15) is 0 Å². The number of aliphatic imine (C=N–C) groups is 1. The Bertz CT molecular complexity index is 356. The van der Waals surface area contributed by atoms with E-state index in [2.05, 4.69) is 11.1 Å². The van der Waals surface area contributed by atoms with Crippen LogP contribution in [0.15, 0.2) is 29.4 Å². The first-order valence-electron chi connectivity index (χ1n) is 5.41. The fraction of sp³-hybridized carbons (Fsp3) is 0.500. The van der Waals surface area contributed by atoms with E-state index in [0.29, 0.717) is 6.04 Å². The fourth-order valence-corrected chi connectivity index (χ4v) is 2.63. The number of hydrogen-bond donors (Lipinski definition) is 0. The number of nitrogens with zero attached hydrogens (tertiary/aromatic N) is 2. The normalized spacial score (nSPS) is 30.1. The topological polar surface area (TPSA) is 25.2 Å². The van der Waals surface area contributed by atoms with Crippen LogP contribution in [0.25, 0.3) is 0 Å². The van der Waals surface area contributed by atoms with Crippen molar-refractivity contribution < 1.29 is 0 Å². The highest BCUT2D eigenvalue weighted by Crippen LogP contribution is 2.36. The van der Waals surface area contributed by atoms with Gasteiger partial charge in [0.15, 0.2) is 0 Å². The molecule has 0 radical (unpaired) electrons. The van der Waals surface area contributed by atoms with Crippen molar-refractivity contribution >= 4 is 5.71 Å². The van der Waals surface area contributed by atoms with Gasteiger partial charge in [0.1, 0.15) is 0 Å². The van der Waals surface area contributed by atoms with Gasteiger partial charge >= 0.3 is 0 Å². The maximum absolute atomic E-state index is 4.77.